The molecule has 4 nitrogen and oxygen atoms in total. The van der Waals surface area contributed by atoms with E-state index < -0.39 is 11.7 Å². The summed E-state index contributed by atoms with van der Waals surface area (Å²) < 4.78 is 39.0. The molecule has 3 N–H and O–H groups in total. The second-order valence-corrected chi connectivity index (χ2v) is 4.84. The topological polar surface area (TPSA) is 53.5 Å². The number of rotatable bonds is 1. The van der Waals surface area contributed by atoms with Crippen LogP contribution in [0, 0.1) is 5.21 Å². The van der Waals surface area contributed by atoms with E-state index in [4.69, 9.17) is 5.73 Å². The van der Waals surface area contributed by atoms with Gasteiger partial charge in [0, 0.05) is 11.8 Å². The minimum atomic E-state index is -4.46. The Morgan fingerprint density at radius 1 is 1.39 bits per heavy atom. The van der Waals surface area contributed by atoms with Crippen LogP contribution in [0.2, 0.25) is 0 Å². The van der Waals surface area contributed by atoms with Gasteiger partial charge in [-0.15, -0.1) is 0 Å². The van der Waals surface area contributed by atoms with Crippen molar-refractivity contribution >= 4 is 11.4 Å². The predicted octanol–water partition coefficient (Wildman–Crippen LogP) is 0.579. The normalized spacial score (nSPS) is 28.6. The van der Waals surface area contributed by atoms with Crippen LogP contribution in [0.25, 0.3) is 0 Å². The fourth-order valence-corrected chi connectivity index (χ4v) is 2.38. The summed E-state index contributed by atoms with van der Waals surface area (Å²) in [5.74, 6) is 0. The summed E-state index contributed by atoms with van der Waals surface area (Å²) in [6.45, 7) is 0.816. The number of nitrogens with two attached hydrogens (primary N) is 1. The van der Waals surface area contributed by atoms with Crippen molar-refractivity contribution in [1.82, 2.24) is 4.48 Å². The zero-order valence-electron chi connectivity index (χ0n) is 9.92. The number of hydrogen-bond donors (Lipinski definition) is 2. The second kappa shape index (κ2) is 4.11. The second-order valence-electron chi connectivity index (χ2n) is 4.84. The molecule has 2 rings (SSSR count). The van der Waals surface area contributed by atoms with Gasteiger partial charge in [0.2, 0.25) is 6.67 Å². The van der Waals surface area contributed by atoms with Crippen molar-refractivity contribution in [2.45, 2.75) is 6.18 Å². The number of alkyl halides is 3. The highest BCUT2D eigenvalue weighted by atomic mass is 19.4. The zero-order chi connectivity index (χ0) is 13.6. The van der Waals surface area contributed by atoms with Crippen molar-refractivity contribution in [1.29, 1.82) is 0 Å². The number of halogens is 3. The number of hydroxylamine groups is 2. The number of quaternary nitrogens is 2. The molecule has 18 heavy (non-hydrogen) atoms. The standard InChI is InChI=1S/C11H15F3N3O/c1-17(5-4-16(18)7-17)10-3-2-8(15)6-9(10)11(12,13)14/h2-3,6,16H,4-5,7,15H2,1H3/q+1. The van der Waals surface area contributed by atoms with Crippen LogP contribution >= 0.6 is 0 Å². The van der Waals surface area contributed by atoms with Crippen LogP contribution in [0.4, 0.5) is 24.5 Å². The molecule has 0 saturated carbocycles. The van der Waals surface area contributed by atoms with Crippen molar-refractivity contribution < 1.29 is 18.2 Å². The van der Waals surface area contributed by atoms with Gasteiger partial charge in [-0.1, -0.05) is 0 Å². The summed E-state index contributed by atoms with van der Waals surface area (Å²) in [4.78, 5) is 0. The Morgan fingerprint density at radius 2 is 2.06 bits per heavy atom. The fourth-order valence-electron chi connectivity index (χ4n) is 2.38. The first-order chi connectivity index (χ1) is 8.22. The van der Waals surface area contributed by atoms with Crippen molar-refractivity contribution in [3.05, 3.63) is 29.0 Å². The van der Waals surface area contributed by atoms with E-state index in [0.29, 0.717) is 13.1 Å². The zero-order valence-corrected chi connectivity index (χ0v) is 9.92. The summed E-state index contributed by atoms with van der Waals surface area (Å²) in [6.07, 6.45) is -4.46. The highest BCUT2D eigenvalue weighted by molar-refractivity contribution is 5.58. The molecule has 2 unspecified atom stereocenters. The molecule has 1 aliphatic heterocycles. The van der Waals surface area contributed by atoms with Crippen LogP contribution in [0.5, 0.6) is 0 Å². The molecule has 0 aromatic heterocycles. The summed E-state index contributed by atoms with van der Waals surface area (Å²) >= 11 is 0. The van der Waals surface area contributed by atoms with E-state index in [1.807, 2.05) is 0 Å². The third kappa shape index (κ3) is 2.29. The maximum Gasteiger partial charge on any atom is 0.422 e. The Kier molecular flexibility index (Phi) is 3.00. The Hall–Kier alpha value is -1.31. The van der Waals surface area contributed by atoms with Crippen LogP contribution in [-0.4, -0.2) is 26.8 Å². The van der Waals surface area contributed by atoms with E-state index in [1.54, 1.807) is 7.05 Å². The first-order valence-corrected chi connectivity index (χ1v) is 5.56. The summed E-state index contributed by atoms with van der Waals surface area (Å²) in [5, 5.41) is 11.3. The van der Waals surface area contributed by atoms with E-state index in [0.717, 1.165) is 6.07 Å². The monoisotopic (exact) mass is 262 g/mol. The highest BCUT2D eigenvalue weighted by Gasteiger charge is 2.44. The molecule has 100 valence electrons. The van der Waals surface area contributed by atoms with Gasteiger partial charge in [0.1, 0.15) is 24.3 Å². The Labute approximate surface area is 103 Å². The minimum absolute atomic E-state index is 0.00600. The third-order valence-electron chi connectivity index (χ3n) is 3.32. The van der Waals surface area contributed by atoms with E-state index in [1.165, 1.54) is 12.1 Å². The molecule has 0 spiro atoms. The number of nitrogens with zero attached hydrogens (tertiary/aromatic N) is 1. The van der Waals surface area contributed by atoms with Gasteiger partial charge in [-0.05, 0) is 12.1 Å². The van der Waals surface area contributed by atoms with Gasteiger partial charge in [-0.3, -0.25) is 0 Å². The lowest BCUT2D eigenvalue weighted by atomic mass is 10.1. The van der Waals surface area contributed by atoms with E-state index >= 15 is 0 Å². The van der Waals surface area contributed by atoms with E-state index in [2.05, 4.69) is 0 Å². The molecule has 1 fully saturated rings. The molecule has 1 aliphatic rings. The van der Waals surface area contributed by atoms with Gasteiger partial charge in [0.05, 0.1) is 7.05 Å². The lowest BCUT2D eigenvalue weighted by molar-refractivity contribution is -0.838. The SMILES string of the molecule is C[N+]1(c2ccc(N)cc2C(F)(F)F)CC[NH+]([O-])C1. The molecular formula is C11H15F3N3O+. The number of nitrogen functional groups attached to an aromatic ring is 1. The molecule has 0 bridgehead atoms. The van der Waals surface area contributed by atoms with Crippen molar-refractivity contribution in [3.8, 4) is 0 Å². The molecular weight excluding hydrogens is 247 g/mol. The van der Waals surface area contributed by atoms with Crippen LogP contribution in [0.15, 0.2) is 18.2 Å². The highest BCUT2D eigenvalue weighted by Crippen LogP contribution is 2.39. The Morgan fingerprint density at radius 3 is 2.56 bits per heavy atom. The van der Waals surface area contributed by atoms with Gasteiger partial charge in [0.15, 0.2) is 0 Å². The summed E-state index contributed by atoms with van der Waals surface area (Å²) in [7, 11) is 1.64. The first kappa shape index (κ1) is 13.1. The lowest BCUT2D eigenvalue weighted by Crippen LogP contribution is -3.06. The van der Waals surface area contributed by atoms with Gasteiger partial charge in [0.25, 0.3) is 0 Å². The van der Waals surface area contributed by atoms with E-state index in [9.17, 15) is 18.4 Å². The van der Waals surface area contributed by atoms with Crippen molar-refractivity contribution in [2.24, 2.45) is 0 Å². The average Bonchev–Trinajstić information content (AvgIpc) is 2.58. The van der Waals surface area contributed by atoms with Crippen LogP contribution < -0.4 is 15.3 Å². The van der Waals surface area contributed by atoms with Gasteiger partial charge < -0.3 is 16.0 Å². The van der Waals surface area contributed by atoms with Crippen LogP contribution in [-0.2, 0) is 6.18 Å². The molecule has 1 aromatic rings. The fraction of sp³-hybridized carbons (Fsp3) is 0.455. The molecule has 0 amide bonds. The minimum Gasteiger partial charge on any atom is -0.630 e. The maximum absolute atomic E-state index is 13.0. The van der Waals surface area contributed by atoms with Crippen molar-refractivity contribution in [3.63, 3.8) is 0 Å². The van der Waals surface area contributed by atoms with E-state index in [-0.39, 0.29) is 27.6 Å². The number of benzene rings is 1. The number of anilines is 1. The summed E-state index contributed by atoms with van der Waals surface area (Å²) in [5.41, 5.74) is 4.85. The largest absolute Gasteiger partial charge is 0.630 e. The smallest absolute Gasteiger partial charge is 0.422 e. The lowest BCUT2D eigenvalue weighted by Gasteiger charge is -2.29. The predicted molar refractivity (Wildman–Crippen MR) is 62.5 cm³/mol. The Balaban J connectivity index is 2.51. The molecule has 7 heteroatoms. The van der Waals surface area contributed by atoms with Crippen molar-refractivity contribution in [2.75, 3.05) is 32.5 Å². The van der Waals surface area contributed by atoms with Crippen LogP contribution in [0.3, 0.4) is 0 Å². The molecule has 1 heterocycles. The van der Waals surface area contributed by atoms with Gasteiger partial charge in [-0.2, -0.15) is 13.2 Å². The Bertz CT molecular complexity index is 463. The quantitative estimate of drug-likeness (QED) is 0.442. The third-order valence-corrected chi connectivity index (χ3v) is 3.32. The van der Waals surface area contributed by atoms with Crippen LogP contribution in [0.1, 0.15) is 5.56 Å². The molecule has 0 radical (unpaired) electrons. The molecule has 0 aliphatic carbocycles. The van der Waals surface area contributed by atoms with Gasteiger partial charge >= 0.3 is 6.18 Å². The van der Waals surface area contributed by atoms with Gasteiger partial charge in [-0.25, -0.2) is 4.48 Å². The average molecular weight is 262 g/mol. The molecule has 1 aromatic carbocycles. The maximum atomic E-state index is 13.0. The number of hydrogen-bond acceptors (Lipinski definition) is 2. The number of nitrogens with one attached hydrogen (secondary N) is 1. The number of likely N-dealkylation sites (N-methyl/N-ethyl adjacent to an activating group) is 1. The molecule has 2 atom stereocenters. The first-order valence-electron chi connectivity index (χ1n) is 5.56. The molecule has 1 saturated heterocycles. The summed E-state index contributed by atoms with van der Waals surface area (Å²) in [6, 6.07) is 3.75.